The van der Waals surface area contributed by atoms with E-state index in [1.165, 1.54) is 30.6 Å². The Bertz CT molecular complexity index is 1070. The zero-order valence-corrected chi connectivity index (χ0v) is 13.8. The number of hydrogen-bond donors (Lipinski definition) is 2. The molecule has 3 rings (SSSR count). The van der Waals surface area contributed by atoms with Crippen LogP contribution >= 0.6 is 0 Å². The van der Waals surface area contributed by atoms with Gasteiger partial charge in [0.2, 0.25) is 5.91 Å². The maximum absolute atomic E-state index is 13.2. The second-order valence-electron chi connectivity index (χ2n) is 5.76. The minimum absolute atomic E-state index is 0.136. The van der Waals surface area contributed by atoms with Crippen molar-refractivity contribution in [3.8, 4) is 6.07 Å². The summed E-state index contributed by atoms with van der Waals surface area (Å²) in [4.78, 5) is 34.9. The molecule has 1 amide bonds. The molecule has 2 aromatic heterocycles. The summed E-state index contributed by atoms with van der Waals surface area (Å²) >= 11 is 0. The van der Waals surface area contributed by atoms with Crippen LogP contribution in [0.25, 0.3) is 10.9 Å². The first-order valence-corrected chi connectivity index (χ1v) is 7.79. The number of hydrogen-bond acceptors (Lipinski definition) is 5. The highest BCUT2D eigenvalue weighted by Gasteiger charge is 2.14. The van der Waals surface area contributed by atoms with Gasteiger partial charge >= 0.3 is 0 Å². The average Bonchev–Trinajstić information content (AvgIpc) is 2.62. The molecule has 26 heavy (non-hydrogen) atoms. The summed E-state index contributed by atoms with van der Waals surface area (Å²) in [5, 5.41) is 12.1. The molecule has 8 heteroatoms. The Balaban J connectivity index is 1.74. The van der Waals surface area contributed by atoms with Gasteiger partial charge in [-0.2, -0.15) is 5.26 Å². The Hall–Kier alpha value is -3.60. The summed E-state index contributed by atoms with van der Waals surface area (Å²) in [6, 6.07) is 7.05. The van der Waals surface area contributed by atoms with E-state index in [0.717, 1.165) is 0 Å². The third-order valence-electron chi connectivity index (χ3n) is 3.80. The Morgan fingerprint density at radius 3 is 2.77 bits per heavy atom. The van der Waals surface area contributed by atoms with Crippen LogP contribution < -0.4 is 10.9 Å². The normalized spacial score (nSPS) is 11.7. The Kier molecular flexibility index (Phi) is 4.71. The fraction of sp³-hybridized carbons (Fsp3) is 0.167. The number of carbonyl (C=O) groups is 1. The number of H-pyrrole nitrogens is 1. The highest BCUT2D eigenvalue weighted by molar-refractivity contribution is 5.82. The Labute approximate surface area is 147 Å². The molecule has 0 spiro atoms. The lowest BCUT2D eigenvalue weighted by Gasteiger charge is -2.12. The Morgan fingerprint density at radius 2 is 2.08 bits per heavy atom. The lowest BCUT2D eigenvalue weighted by Crippen LogP contribution is -2.31. The second-order valence-corrected chi connectivity index (χ2v) is 5.76. The molecule has 0 fully saturated rings. The number of halogens is 1. The van der Waals surface area contributed by atoms with E-state index in [0.29, 0.717) is 22.3 Å². The highest BCUT2D eigenvalue weighted by Crippen LogP contribution is 2.13. The van der Waals surface area contributed by atoms with Crippen LogP contribution in [0.2, 0.25) is 0 Å². The van der Waals surface area contributed by atoms with Crippen LogP contribution in [0.5, 0.6) is 0 Å². The van der Waals surface area contributed by atoms with Crippen molar-refractivity contribution in [2.45, 2.75) is 19.4 Å². The number of aromatic amines is 1. The molecule has 0 aliphatic carbocycles. The smallest absolute Gasteiger partial charge is 0.252 e. The SMILES string of the molecule is C[C@@H](NC(=O)Cc1cc2ccc(F)cc2[nH]c1=O)c1ncc(C#N)cn1. The number of nitrogens with zero attached hydrogens (tertiary/aromatic N) is 3. The molecule has 7 nitrogen and oxygen atoms in total. The van der Waals surface area contributed by atoms with Gasteiger partial charge < -0.3 is 10.3 Å². The van der Waals surface area contributed by atoms with Gasteiger partial charge in [-0.3, -0.25) is 9.59 Å². The van der Waals surface area contributed by atoms with Crippen molar-refractivity contribution in [3.05, 3.63) is 69.8 Å². The Morgan fingerprint density at radius 1 is 1.35 bits per heavy atom. The molecule has 0 saturated heterocycles. The van der Waals surface area contributed by atoms with Gasteiger partial charge in [0.25, 0.3) is 5.56 Å². The van der Waals surface area contributed by atoms with Crippen molar-refractivity contribution in [1.29, 1.82) is 5.26 Å². The molecule has 1 aromatic carbocycles. The van der Waals surface area contributed by atoms with Crippen molar-refractivity contribution >= 4 is 16.8 Å². The first kappa shape index (κ1) is 17.2. The predicted molar refractivity (Wildman–Crippen MR) is 91.5 cm³/mol. The van der Waals surface area contributed by atoms with Gasteiger partial charge in [-0.05, 0) is 36.6 Å². The van der Waals surface area contributed by atoms with E-state index in [-0.39, 0.29) is 17.9 Å². The molecule has 0 unspecified atom stereocenters. The fourth-order valence-corrected chi connectivity index (χ4v) is 2.50. The number of fused-ring (bicyclic) bond motifs is 1. The van der Waals surface area contributed by atoms with Crippen LogP contribution in [-0.2, 0) is 11.2 Å². The topological polar surface area (TPSA) is 112 Å². The molecule has 3 aromatic rings. The summed E-state index contributed by atoms with van der Waals surface area (Å²) in [7, 11) is 0. The first-order chi connectivity index (χ1) is 12.5. The van der Waals surface area contributed by atoms with E-state index < -0.39 is 17.4 Å². The van der Waals surface area contributed by atoms with Gasteiger partial charge in [0, 0.05) is 18.0 Å². The van der Waals surface area contributed by atoms with E-state index in [1.54, 1.807) is 13.0 Å². The van der Waals surface area contributed by atoms with Crippen molar-refractivity contribution in [1.82, 2.24) is 20.3 Å². The van der Waals surface area contributed by atoms with Crippen LogP contribution in [0, 0.1) is 17.1 Å². The molecule has 0 bridgehead atoms. The second kappa shape index (κ2) is 7.11. The number of aromatic nitrogens is 3. The number of pyridine rings is 1. The minimum Gasteiger partial charge on any atom is -0.346 e. The molecule has 130 valence electrons. The van der Waals surface area contributed by atoms with Crippen LogP contribution in [0.3, 0.4) is 0 Å². The maximum atomic E-state index is 13.2. The largest absolute Gasteiger partial charge is 0.346 e. The van der Waals surface area contributed by atoms with E-state index >= 15 is 0 Å². The van der Waals surface area contributed by atoms with Crippen LogP contribution in [-0.4, -0.2) is 20.9 Å². The van der Waals surface area contributed by atoms with Crippen molar-refractivity contribution in [3.63, 3.8) is 0 Å². The summed E-state index contributed by atoms with van der Waals surface area (Å²) < 4.78 is 13.2. The quantitative estimate of drug-likeness (QED) is 0.744. The van der Waals surface area contributed by atoms with Crippen molar-refractivity contribution < 1.29 is 9.18 Å². The molecular weight excluding hydrogens is 337 g/mol. The van der Waals surface area contributed by atoms with Gasteiger partial charge in [-0.25, -0.2) is 14.4 Å². The molecule has 0 saturated carbocycles. The zero-order valence-electron chi connectivity index (χ0n) is 13.8. The summed E-state index contributed by atoms with van der Waals surface area (Å²) in [5.74, 6) is -0.465. The minimum atomic E-state index is -0.483. The summed E-state index contributed by atoms with van der Waals surface area (Å²) in [6.07, 6.45) is 2.61. The van der Waals surface area contributed by atoms with E-state index in [2.05, 4.69) is 20.3 Å². The van der Waals surface area contributed by atoms with Gasteiger partial charge in [-0.1, -0.05) is 0 Å². The lowest BCUT2D eigenvalue weighted by molar-refractivity contribution is -0.121. The maximum Gasteiger partial charge on any atom is 0.252 e. The van der Waals surface area contributed by atoms with Crippen LogP contribution in [0.15, 0.2) is 41.5 Å². The van der Waals surface area contributed by atoms with Crippen molar-refractivity contribution in [2.24, 2.45) is 0 Å². The predicted octanol–water partition coefficient (Wildman–Crippen LogP) is 1.75. The third kappa shape index (κ3) is 3.72. The molecule has 0 aliphatic heterocycles. The molecule has 0 aliphatic rings. The summed E-state index contributed by atoms with van der Waals surface area (Å²) in [5.41, 5.74) is 0.528. The van der Waals surface area contributed by atoms with Crippen LogP contribution in [0.4, 0.5) is 4.39 Å². The van der Waals surface area contributed by atoms with Gasteiger partial charge in [-0.15, -0.1) is 0 Å². The lowest BCUT2D eigenvalue weighted by atomic mass is 10.1. The number of nitriles is 1. The number of benzene rings is 1. The van der Waals surface area contributed by atoms with E-state index in [9.17, 15) is 14.0 Å². The zero-order chi connectivity index (χ0) is 18.7. The number of amides is 1. The van der Waals surface area contributed by atoms with Gasteiger partial charge in [0.05, 0.1) is 23.5 Å². The standard InChI is InChI=1S/C18H14FN5O2/c1-10(17-21-8-11(7-20)9-22-17)23-16(25)5-13-4-12-2-3-14(19)6-15(12)24-18(13)26/h2-4,6,8-10H,5H2,1H3,(H,23,25)(H,24,26)/t10-/m1/s1. The number of nitrogens with one attached hydrogen (secondary N) is 2. The summed E-state index contributed by atoms with van der Waals surface area (Å²) in [6.45, 7) is 1.70. The molecule has 2 heterocycles. The monoisotopic (exact) mass is 351 g/mol. The van der Waals surface area contributed by atoms with E-state index in [4.69, 9.17) is 5.26 Å². The van der Waals surface area contributed by atoms with Gasteiger partial charge in [0.15, 0.2) is 0 Å². The number of carbonyl (C=O) groups excluding carboxylic acids is 1. The average molecular weight is 351 g/mol. The third-order valence-corrected chi connectivity index (χ3v) is 3.80. The van der Waals surface area contributed by atoms with Gasteiger partial charge in [0.1, 0.15) is 17.7 Å². The molecule has 1 atom stereocenters. The van der Waals surface area contributed by atoms with Crippen molar-refractivity contribution in [2.75, 3.05) is 0 Å². The molecule has 2 N–H and O–H groups in total. The molecular formula is C18H14FN5O2. The van der Waals surface area contributed by atoms with E-state index in [1.807, 2.05) is 6.07 Å². The van der Waals surface area contributed by atoms with Crippen LogP contribution in [0.1, 0.15) is 29.9 Å². The fourth-order valence-electron chi connectivity index (χ4n) is 2.50. The number of rotatable bonds is 4. The first-order valence-electron chi connectivity index (χ1n) is 7.79. The molecule has 0 radical (unpaired) electrons. The highest BCUT2D eigenvalue weighted by atomic mass is 19.1.